The smallest absolute Gasteiger partial charge is 0.350 e. The normalized spacial score (nSPS) is 17.2. The molecule has 8 nitrogen and oxygen atoms in total. The first-order valence-corrected chi connectivity index (χ1v) is 11.2. The molecule has 1 fully saturated rings. The molecule has 1 atom stereocenters. The summed E-state index contributed by atoms with van der Waals surface area (Å²) in [5, 5.41) is 11.7. The summed E-state index contributed by atoms with van der Waals surface area (Å²) in [4.78, 5) is 44.3. The van der Waals surface area contributed by atoms with Crippen LogP contribution in [0.4, 0.5) is 5.13 Å². The Morgan fingerprint density at radius 2 is 1.88 bits per heavy atom. The average molecular weight is 499 g/mol. The van der Waals surface area contributed by atoms with Gasteiger partial charge in [-0.3, -0.25) is 14.5 Å². The van der Waals surface area contributed by atoms with Gasteiger partial charge >= 0.3 is 11.9 Å². The lowest BCUT2D eigenvalue weighted by Gasteiger charge is -2.23. The highest BCUT2D eigenvalue weighted by molar-refractivity contribution is 7.17. The van der Waals surface area contributed by atoms with Gasteiger partial charge in [-0.15, -0.1) is 0 Å². The van der Waals surface area contributed by atoms with Crippen LogP contribution in [0.3, 0.4) is 0 Å². The molecule has 10 heteroatoms. The van der Waals surface area contributed by atoms with Crippen molar-refractivity contribution in [2.75, 3.05) is 19.1 Å². The van der Waals surface area contributed by atoms with Gasteiger partial charge in [0.25, 0.3) is 5.78 Å². The van der Waals surface area contributed by atoms with Gasteiger partial charge in [0.1, 0.15) is 16.4 Å². The quantitative estimate of drug-likeness (QED) is 0.238. The summed E-state index contributed by atoms with van der Waals surface area (Å²) in [6, 6.07) is 12.1. The summed E-state index contributed by atoms with van der Waals surface area (Å²) in [6.07, 6.45) is 0. The third kappa shape index (κ3) is 4.04. The first kappa shape index (κ1) is 23.5. The monoisotopic (exact) mass is 498 g/mol. The summed E-state index contributed by atoms with van der Waals surface area (Å²) >= 11 is 7.13. The van der Waals surface area contributed by atoms with E-state index in [-0.39, 0.29) is 21.3 Å². The predicted molar refractivity (Wildman–Crippen MR) is 127 cm³/mol. The Balaban J connectivity index is 1.95. The Kier molecular flexibility index (Phi) is 6.41. The zero-order valence-corrected chi connectivity index (χ0v) is 19.9. The highest BCUT2D eigenvalue weighted by Crippen LogP contribution is 2.44. The molecule has 2 heterocycles. The van der Waals surface area contributed by atoms with E-state index >= 15 is 0 Å². The molecule has 1 aliphatic heterocycles. The number of hydrogen-bond acceptors (Lipinski definition) is 8. The van der Waals surface area contributed by atoms with Crippen molar-refractivity contribution in [2.24, 2.45) is 0 Å². The summed E-state index contributed by atoms with van der Waals surface area (Å²) in [5.41, 5.74) is 1.01. The number of rotatable bonds is 5. The molecule has 0 spiro atoms. The van der Waals surface area contributed by atoms with Crippen LogP contribution in [0.15, 0.2) is 54.1 Å². The number of thiazole rings is 1. The second kappa shape index (κ2) is 9.28. The van der Waals surface area contributed by atoms with E-state index in [0.717, 1.165) is 11.3 Å². The number of esters is 1. The standard InChI is InChI=1S/C24H19ClN2O6S/c1-12-21(23(31)33-3)34-24(26-12)27-18(13-6-4-8-15(25)10-13)17(20(29)22(27)30)19(28)14-7-5-9-16(11-14)32-2/h4-11,18,28H,1-3H3/b19-17+. The van der Waals surface area contributed by atoms with Gasteiger partial charge < -0.3 is 14.6 Å². The maximum Gasteiger partial charge on any atom is 0.350 e. The molecule has 1 saturated heterocycles. The number of amides is 1. The van der Waals surface area contributed by atoms with Gasteiger partial charge in [-0.2, -0.15) is 0 Å². The van der Waals surface area contributed by atoms with E-state index in [0.29, 0.717) is 27.6 Å². The van der Waals surface area contributed by atoms with Crippen LogP contribution in [0.25, 0.3) is 5.76 Å². The molecule has 0 bridgehead atoms. The lowest BCUT2D eigenvalue weighted by atomic mass is 9.95. The van der Waals surface area contributed by atoms with Crippen molar-refractivity contribution < 1.29 is 29.0 Å². The van der Waals surface area contributed by atoms with Crippen molar-refractivity contribution in [3.63, 3.8) is 0 Å². The molecule has 0 aliphatic carbocycles. The number of carbonyl (C=O) groups is 3. The minimum absolute atomic E-state index is 0.120. The fourth-order valence-electron chi connectivity index (χ4n) is 3.72. The Labute approximate surface area is 204 Å². The molecule has 1 unspecified atom stereocenters. The molecule has 34 heavy (non-hydrogen) atoms. The van der Waals surface area contributed by atoms with Crippen LogP contribution >= 0.6 is 22.9 Å². The van der Waals surface area contributed by atoms with Crippen molar-refractivity contribution in [1.82, 2.24) is 4.98 Å². The average Bonchev–Trinajstić information content (AvgIpc) is 3.35. The van der Waals surface area contributed by atoms with Gasteiger partial charge in [0.15, 0.2) is 5.13 Å². The third-order valence-electron chi connectivity index (χ3n) is 5.31. The van der Waals surface area contributed by atoms with Gasteiger partial charge in [-0.25, -0.2) is 9.78 Å². The van der Waals surface area contributed by atoms with Crippen molar-refractivity contribution in [1.29, 1.82) is 0 Å². The molecule has 1 amide bonds. The number of aryl methyl sites for hydroxylation is 1. The lowest BCUT2D eigenvalue weighted by molar-refractivity contribution is -0.132. The number of ether oxygens (including phenoxy) is 2. The molecule has 1 aromatic heterocycles. The molecule has 2 aromatic carbocycles. The summed E-state index contributed by atoms with van der Waals surface area (Å²) in [5.74, 6) is -2.28. The molecule has 0 radical (unpaired) electrons. The number of anilines is 1. The van der Waals surface area contributed by atoms with Crippen LogP contribution in [-0.2, 0) is 14.3 Å². The van der Waals surface area contributed by atoms with E-state index in [4.69, 9.17) is 21.1 Å². The molecular weight excluding hydrogens is 480 g/mol. The number of aromatic nitrogens is 1. The zero-order chi connectivity index (χ0) is 24.6. The van der Waals surface area contributed by atoms with Crippen molar-refractivity contribution in [2.45, 2.75) is 13.0 Å². The largest absolute Gasteiger partial charge is 0.507 e. The van der Waals surface area contributed by atoms with Crippen molar-refractivity contribution in [3.05, 3.63) is 80.8 Å². The SMILES string of the molecule is COC(=O)c1sc(N2C(=O)C(=O)/C(=C(/O)c3cccc(OC)c3)C2c2cccc(Cl)c2)nc1C. The van der Waals surface area contributed by atoms with Crippen molar-refractivity contribution >= 4 is 51.5 Å². The number of ketones is 1. The number of carbonyl (C=O) groups excluding carboxylic acids is 3. The number of methoxy groups -OCH3 is 2. The van der Waals surface area contributed by atoms with E-state index in [9.17, 15) is 19.5 Å². The van der Waals surface area contributed by atoms with Gasteiger partial charge in [0.2, 0.25) is 0 Å². The van der Waals surface area contributed by atoms with Crippen LogP contribution in [0.5, 0.6) is 5.75 Å². The summed E-state index contributed by atoms with van der Waals surface area (Å²) in [7, 11) is 2.72. The van der Waals surface area contributed by atoms with Crippen LogP contribution in [0, 0.1) is 6.92 Å². The zero-order valence-electron chi connectivity index (χ0n) is 18.4. The number of hydrogen-bond donors (Lipinski definition) is 1. The molecular formula is C24H19ClN2O6S. The minimum atomic E-state index is -1.03. The number of Topliss-reactive ketones (excluding diaryl/α,β-unsaturated/α-hetero) is 1. The Hall–Kier alpha value is -3.69. The highest BCUT2D eigenvalue weighted by atomic mass is 35.5. The first-order chi connectivity index (χ1) is 16.3. The molecule has 0 saturated carbocycles. The molecule has 174 valence electrons. The van der Waals surface area contributed by atoms with Crippen LogP contribution in [0.1, 0.15) is 32.5 Å². The first-order valence-electron chi connectivity index (χ1n) is 10.0. The summed E-state index contributed by atoms with van der Waals surface area (Å²) < 4.78 is 10.0. The molecule has 1 aliphatic rings. The van der Waals surface area contributed by atoms with Gasteiger partial charge in [-0.05, 0) is 36.8 Å². The summed E-state index contributed by atoms with van der Waals surface area (Å²) in [6.45, 7) is 1.60. The molecule has 4 rings (SSSR count). The second-order valence-corrected chi connectivity index (χ2v) is 8.77. The third-order valence-corrected chi connectivity index (χ3v) is 6.69. The van der Waals surface area contributed by atoms with Crippen molar-refractivity contribution in [3.8, 4) is 5.75 Å². The van der Waals surface area contributed by atoms with E-state index in [1.54, 1.807) is 55.5 Å². The van der Waals surface area contributed by atoms with Gasteiger partial charge in [0.05, 0.1) is 31.5 Å². The predicted octanol–water partition coefficient (Wildman–Crippen LogP) is 4.53. The van der Waals surface area contributed by atoms with Crippen LogP contribution in [0.2, 0.25) is 5.02 Å². The Morgan fingerprint density at radius 3 is 2.56 bits per heavy atom. The number of halogens is 1. The topological polar surface area (TPSA) is 106 Å². The number of nitrogens with zero attached hydrogens (tertiary/aromatic N) is 2. The maximum absolute atomic E-state index is 13.2. The number of benzene rings is 2. The lowest BCUT2D eigenvalue weighted by Crippen LogP contribution is -2.29. The van der Waals surface area contributed by atoms with E-state index in [1.807, 2.05) is 0 Å². The number of aliphatic hydroxyl groups excluding tert-OH is 1. The molecule has 1 N–H and O–H groups in total. The van der Waals surface area contributed by atoms with Crippen LogP contribution in [-0.4, -0.2) is 42.0 Å². The van der Waals surface area contributed by atoms with Gasteiger partial charge in [0, 0.05) is 10.6 Å². The fourth-order valence-corrected chi connectivity index (χ4v) is 4.93. The van der Waals surface area contributed by atoms with E-state index < -0.39 is 23.7 Å². The van der Waals surface area contributed by atoms with Gasteiger partial charge in [-0.1, -0.05) is 47.2 Å². The maximum atomic E-state index is 13.2. The molecule has 3 aromatic rings. The minimum Gasteiger partial charge on any atom is -0.507 e. The van der Waals surface area contributed by atoms with E-state index in [1.165, 1.54) is 19.1 Å². The van der Waals surface area contributed by atoms with Crippen LogP contribution < -0.4 is 9.64 Å². The Morgan fingerprint density at radius 1 is 1.15 bits per heavy atom. The fraction of sp³-hybridized carbons (Fsp3) is 0.167. The highest BCUT2D eigenvalue weighted by Gasteiger charge is 2.48. The second-order valence-electron chi connectivity index (χ2n) is 7.36. The number of aliphatic hydroxyl groups is 1. The Bertz CT molecular complexity index is 1350. The van der Waals surface area contributed by atoms with E-state index in [2.05, 4.69) is 4.98 Å².